The van der Waals surface area contributed by atoms with Crippen LogP contribution in [0.15, 0.2) is 0 Å². The Morgan fingerprint density at radius 1 is 1.52 bits per heavy atom. The number of fused-ring (bicyclic) bond motifs is 1. The van der Waals surface area contributed by atoms with Crippen molar-refractivity contribution in [3.05, 3.63) is 10.6 Å². The van der Waals surface area contributed by atoms with Gasteiger partial charge in [0.05, 0.1) is 5.69 Å². The largest absolute Gasteiger partial charge is 0.348 e. The van der Waals surface area contributed by atoms with E-state index in [-0.39, 0.29) is 0 Å². The van der Waals surface area contributed by atoms with E-state index in [4.69, 9.17) is 4.98 Å². The molecule has 2 unspecified atom stereocenters. The predicted octanol–water partition coefficient (Wildman–Crippen LogP) is 3.95. The molecule has 0 radical (unpaired) electrons. The Kier molecular flexibility index (Phi) is 5.60. The minimum absolute atomic E-state index is 0.342. The van der Waals surface area contributed by atoms with Gasteiger partial charge in [-0.15, -0.1) is 0 Å². The molecule has 3 nitrogen and oxygen atoms in total. The molecule has 2 rings (SSSR count). The molecule has 21 heavy (non-hydrogen) atoms. The lowest BCUT2D eigenvalue weighted by Crippen LogP contribution is -2.31. The fourth-order valence-electron chi connectivity index (χ4n) is 2.97. The highest BCUT2D eigenvalue weighted by molar-refractivity contribution is 7.98. The van der Waals surface area contributed by atoms with Gasteiger partial charge in [-0.1, -0.05) is 25.2 Å². The second-order valence-electron chi connectivity index (χ2n) is 6.94. The first-order valence-electron chi connectivity index (χ1n) is 7.76. The van der Waals surface area contributed by atoms with Gasteiger partial charge >= 0.3 is 0 Å². The van der Waals surface area contributed by atoms with Crippen molar-refractivity contribution in [2.24, 2.45) is 5.41 Å². The summed E-state index contributed by atoms with van der Waals surface area (Å²) in [7, 11) is 4.26. The Labute approximate surface area is 137 Å². The standard InChI is InChI=1S/C16H29N3S2/c1-11(7-8-20-6)19(5)15-18-13-10-16(2,3)9-12(17-4)14(13)21-15/h11-12,17H,7-10H2,1-6H3. The van der Waals surface area contributed by atoms with Gasteiger partial charge in [-0.3, -0.25) is 0 Å². The minimum atomic E-state index is 0.342. The highest BCUT2D eigenvalue weighted by Crippen LogP contribution is 2.44. The molecule has 5 heteroatoms. The summed E-state index contributed by atoms with van der Waals surface area (Å²) in [4.78, 5) is 8.79. The zero-order chi connectivity index (χ0) is 15.6. The van der Waals surface area contributed by atoms with Gasteiger partial charge in [0.1, 0.15) is 0 Å². The molecule has 0 saturated carbocycles. The van der Waals surface area contributed by atoms with Crippen molar-refractivity contribution < 1.29 is 0 Å². The molecular formula is C16H29N3S2. The van der Waals surface area contributed by atoms with Crippen molar-refractivity contribution in [1.29, 1.82) is 0 Å². The van der Waals surface area contributed by atoms with Gasteiger partial charge < -0.3 is 10.2 Å². The number of hydrogen-bond acceptors (Lipinski definition) is 5. The maximum Gasteiger partial charge on any atom is 0.185 e. The van der Waals surface area contributed by atoms with Gasteiger partial charge in [0.2, 0.25) is 0 Å². The Bertz CT molecular complexity index is 470. The summed E-state index contributed by atoms with van der Waals surface area (Å²) in [5, 5.41) is 4.67. The molecule has 0 bridgehead atoms. The summed E-state index contributed by atoms with van der Waals surface area (Å²) in [6.45, 7) is 7.00. The summed E-state index contributed by atoms with van der Waals surface area (Å²) in [6.07, 6.45) is 5.69. The quantitative estimate of drug-likeness (QED) is 0.856. The van der Waals surface area contributed by atoms with Gasteiger partial charge in [0.15, 0.2) is 5.13 Å². The van der Waals surface area contributed by atoms with Gasteiger partial charge in [0.25, 0.3) is 0 Å². The van der Waals surface area contributed by atoms with Crippen molar-refractivity contribution in [3.63, 3.8) is 0 Å². The van der Waals surface area contributed by atoms with Crippen LogP contribution in [-0.4, -0.2) is 37.1 Å². The predicted molar refractivity (Wildman–Crippen MR) is 96.9 cm³/mol. The number of nitrogens with zero attached hydrogens (tertiary/aromatic N) is 2. The molecule has 0 spiro atoms. The molecule has 0 amide bonds. The first-order valence-corrected chi connectivity index (χ1v) is 9.97. The Morgan fingerprint density at radius 2 is 2.24 bits per heavy atom. The van der Waals surface area contributed by atoms with Crippen molar-refractivity contribution >= 4 is 28.2 Å². The molecule has 0 fully saturated rings. The van der Waals surface area contributed by atoms with Crippen LogP contribution in [0, 0.1) is 5.41 Å². The maximum absolute atomic E-state index is 4.97. The van der Waals surface area contributed by atoms with E-state index in [9.17, 15) is 0 Å². The van der Waals surface area contributed by atoms with Crippen LogP contribution in [-0.2, 0) is 6.42 Å². The normalized spacial score (nSPS) is 21.9. The molecule has 0 aliphatic heterocycles. The van der Waals surface area contributed by atoms with Crippen LogP contribution < -0.4 is 10.2 Å². The molecule has 1 aliphatic rings. The molecular weight excluding hydrogens is 298 g/mol. The van der Waals surface area contributed by atoms with Crippen LogP contribution in [0.25, 0.3) is 0 Å². The second-order valence-corrected chi connectivity index (χ2v) is 8.93. The Hall–Kier alpha value is -0.260. The molecule has 1 aliphatic carbocycles. The monoisotopic (exact) mass is 327 g/mol. The second kappa shape index (κ2) is 6.88. The minimum Gasteiger partial charge on any atom is -0.348 e. The number of thioether (sulfide) groups is 1. The highest BCUT2D eigenvalue weighted by Gasteiger charge is 2.34. The third kappa shape index (κ3) is 3.93. The lowest BCUT2D eigenvalue weighted by molar-refractivity contribution is 0.265. The first-order chi connectivity index (χ1) is 9.88. The molecule has 2 atom stereocenters. The number of nitrogens with one attached hydrogen (secondary N) is 1. The lowest BCUT2D eigenvalue weighted by atomic mass is 9.76. The van der Waals surface area contributed by atoms with Gasteiger partial charge in [-0.2, -0.15) is 11.8 Å². The molecule has 0 aromatic carbocycles. The summed E-state index contributed by atoms with van der Waals surface area (Å²) in [5.74, 6) is 1.21. The van der Waals surface area contributed by atoms with Gasteiger partial charge in [0, 0.05) is 24.0 Å². The molecule has 0 saturated heterocycles. The summed E-state index contributed by atoms with van der Waals surface area (Å²) in [5.41, 5.74) is 1.66. The van der Waals surface area contributed by atoms with E-state index in [0.717, 1.165) is 6.42 Å². The zero-order valence-corrected chi connectivity index (χ0v) is 15.8. The fraction of sp³-hybridized carbons (Fsp3) is 0.812. The smallest absolute Gasteiger partial charge is 0.185 e. The van der Waals surface area contributed by atoms with E-state index in [1.165, 1.54) is 34.3 Å². The van der Waals surface area contributed by atoms with Crippen molar-refractivity contribution in [3.8, 4) is 0 Å². The number of aromatic nitrogens is 1. The van der Waals surface area contributed by atoms with Crippen molar-refractivity contribution in [2.45, 2.75) is 52.1 Å². The number of anilines is 1. The number of thiazole rings is 1. The average Bonchev–Trinajstić information content (AvgIpc) is 2.85. The summed E-state index contributed by atoms with van der Waals surface area (Å²) in [6, 6.07) is 1.01. The zero-order valence-electron chi connectivity index (χ0n) is 14.2. The number of hydrogen-bond donors (Lipinski definition) is 1. The molecule has 1 aromatic rings. The van der Waals surface area contributed by atoms with E-state index in [2.05, 4.69) is 51.3 Å². The van der Waals surface area contributed by atoms with Crippen LogP contribution >= 0.6 is 23.1 Å². The molecule has 1 N–H and O–H groups in total. The number of rotatable bonds is 6. The van der Waals surface area contributed by atoms with Crippen LogP contribution in [0.1, 0.15) is 50.2 Å². The van der Waals surface area contributed by atoms with Crippen LogP contribution in [0.5, 0.6) is 0 Å². The summed E-state index contributed by atoms with van der Waals surface area (Å²) < 4.78 is 0. The SMILES string of the molecule is CNC1CC(C)(C)Cc2nc(N(C)C(C)CCSC)sc21. The van der Waals surface area contributed by atoms with Crippen LogP contribution in [0.2, 0.25) is 0 Å². The Morgan fingerprint density at radius 3 is 2.86 bits per heavy atom. The molecule has 1 aromatic heterocycles. The van der Waals surface area contributed by atoms with Gasteiger partial charge in [-0.25, -0.2) is 4.98 Å². The fourth-order valence-corrected chi connectivity index (χ4v) is 4.81. The Balaban J connectivity index is 2.19. The highest BCUT2D eigenvalue weighted by atomic mass is 32.2. The van der Waals surface area contributed by atoms with Crippen LogP contribution in [0.3, 0.4) is 0 Å². The molecule has 120 valence electrons. The van der Waals surface area contributed by atoms with E-state index < -0.39 is 0 Å². The topological polar surface area (TPSA) is 28.2 Å². The average molecular weight is 328 g/mol. The summed E-state index contributed by atoms with van der Waals surface area (Å²) >= 11 is 3.80. The first kappa shape index (κ1) is 17.1. The van der Waals surface area contributed by atoms with E-state index in [0.29, 0.717) is 17.5 Å². The third-order valence-corrected chi connectivity index (χ3v) is 6.43. The molecule has 1 heterocycles. The third-order valence-electron chi connectivity index (χ3n) is 4.49. The van der Waals surface area contributed by atoms with E-state index >= 15 is 0 Å². The van der Waals surface area contributed by atoms with Crippen molar-refractivity contribution in [2.75, 3.05) is 31.0 Å². The lowest BCUT2D eigenvalue weighted by Gasteiger charge is -2.34. The maximum atomic E-state index is 4.97. The van der Waals surface area contributed by atoms with Crippen molar-refractivity contribution in [1.82, 2.24) is 10.3 Å². The van der Waals surface area contributed by atoms with Gasteiger partial charge in [-0.05, 0) is 50.7 Å². The van der Waals surface area contributed by atoms with E-state index in [1.54, 1.807) is 0 Å². The van der Waals surface area contributed by atoms with E-state index in [1.807, 2.05) is 23.1 Å². The van der Waals surface area contributed by atoms with Crippen LogP contribution in [0.4, 0.5) is 5.13 Å².